The van der Waals surface area contributed by atoms with E-state index in [-0.39, 0.29) is 11.3 Å². The number of nitrogen functional groups attached to an aromatic ring is 1. The largest absolute Gasteiger partial charge is 0.384 e. The molecule has 3 N–H and O–H groups in total. The quantitative estimate of drug-likeness (QED) is 0.846. The third-order valence-corrected chi connectivity index (χ3v) is 2.75. The Kier molecular flexibility index (Phi) is 4.69. The van der Waals surface area contributed by atoms with Crippen LogP contribution in [0.25, 0.3) is 0 Å². The Morgan fingerprint density at radius 1 is 1.42 bits per heavy atom. The lowest BCUT2D eigenvalue weighted by molar-refractivity contribution is -0.120. The van der Waals surface area contributed by atoms with Gasteiger partial charge in [0.2, 0.25) is 5.91 Å². The zero-order valence-electron chi connectivity index (χ0n) is 12.3. The van der Waals surface area contributed by atoms with Crippen molar-refractivity contribution in [2.24, 2.45) is 0 Å². The number of nitrogens with zero attached hydrogens (tertiary/aromatic N) is 3. The van der Waals surface area contributed by atoms with Gasteiger partial charge in [-0.05, 0) is 0 Å². The van der Waals surface area contributed by atoms with Crippen LogP contribution in [0.15, 0.2) is 6.07 Å². The van der Waals surface area contributed by atoms with Gasteiger partial charge in [0.05, 0.1) is 0 Å². The average molecular weight is 265 g/mol. The zero-order valence-corrected chi connectivity index (χ0v) is 12.3. The molecule has 0 spiro atoms. The molecular weight excluding hydrogens is 242 g/mol. The summed E-state index contributed by atoms with van der Waals surface area (Å²) in [7, 11) is 3.51. The molecule has 0 atom stereocenters. The number of rotatable bonds is 4. The van der Waals surface area contributed by atoms with Gasteiger partial charge in [-0.25, -0.2) is 9.97 Å². The van der Waals surface area contributed by atoms with Crippen LogP contribution in [0.2, 0.25) is 0 Å². The van der Waals surface area contributed by atoms with E-state index in [1.54, 1.807) is 13.1 Å². The molecule has 0 unspecified atom stereocenters. The van der Waals surface area contributed by atoms with E-state index in [1.807, 2.05) is 32.7 Å². The predicted octanol–water partition coefficient (Wildman–Crippen LogP) is 0.929. The molecule has 0 saturated heterocycles. The SMILES string of the molecule is CNC(=O)CCN(C)c1cc(N)nc(C(C)(C)C)n1. The number of carbonyl (C=O) groups is 1. The molecule has 0 aliphatic heterocycles. The van der Waals surface area contributed by atoms with E-state index < -0.39 is 0 Å². The van der Waals surface area contributed by atoms with E-state index in [4.69, 9.17) is 5.73 Å². The summed E-state index contributed by atoms with van der Waals surface area (Å²) >= 11 is 0. The number of hydrogen-bond donors (Lipinski definition) is 2. The number of amides is 1. The van der Waals surface area contributed by atoms with E-state index in [1.165, 1.54) is 0 Å². The second kappa shape index (κ2) is 5.86. The van der Waals surface area contributed by atoms with Crippen LogP contribution in [0.4, 0.5) is 11.6 Å². The third kappa shape index (κ3) is 4.39. The molecule has 0 aliphatic carbocycles. The molecule has 1 aromatic rings. The van der Waals surface area contributed by atoms with Crippen molar-refractivity contribution < 1.29 is 4.79 Å². The minimum Gasteiger partial charge on any atom is -0.384 e. The molecule has 1 rings (SSSR count). The summed E-state index contributed by atoms with van der Waals surface area (Å²) in [6, 6.07) is 1.72. The van der Waals surface area contributed by atoms with Crippen LogP contribution in [0.1, 0.15) is 33.0 Å². The van der Waals surface area contributed by atoms with E-state index in [0.717, 1.165) is 5.82 Å². The second-order valence-corrected chi connectivity index (χ2v) is 5.57. The van der Waals surface area contributed by atoms with Crippen molar-refractivity contribution in [1.82, 2.24) is 15.3 Å². The molecule has 0 aromatic carbocycles. The molecule has 1 heterocycles. The van der Waals surface area contributed by atoms with E-state index in [0.29, 0.717) is 24.6 Å². The van der Waals surface area contributed by atoms with Gasteiger partial charge in [-0.3, -0.25) is 4.79 Å². The first-order valence-corrected chi connectivity index (χ1v) is 6.31. The second-order valence-electron chi connectivity index (χ2n) is 5.57. The Balaban J connectivity index is 2.88. The number of nitrogens with one attached hydrogen (secondary N) is 1. The summed E-state index contributed by atoms with van der Waals surface area (Å²) in [4.78, 5) is 21.9. The Morgan fingerprint density at radius 3 is 2.58 bits per heavy atom. The fraction of sp³-hybridized carbons (Fsp3) is 0.615. The highest BCUT2D eigenvalue weighted by atomic mass is 16.1. The summed E-state index contributed by atoms with van der Waals surface area (Å²) in [5.41, 5.74) is 5.66. The molecule has 19 heavy (non-hydrogen) atoms. The first-order valence-electron chi connectivity index (χ1n) is 6.31. The fourth-order valence-electron chi connectivity index (χ4n) is 1.49. The average Bonchev–Trinajstić information content (AvgIpc) is 2.33. The lowest BCUT2D eigenvalue weighted by Crippen LogP contribution is -2.28. The lowest BCUT2D eigenvalue weighted by atomic mass is 9.96. The monoisotopic (exact) mass is 265 g/mol. The van der Waals surface area contributed by atoms with Gasteiger partial charge in [0, 0.05) is 38.5 Å². The smallest absolute Gasteiger partial charge is 0.221 e. The molecular formula is C13H23N5O. The van der Waals surface area contributed by atoms with Crippen molar-refractivity contribution in [1.29, 1.82) is 0 Å². The van der Waals surface area contributed by atoms with Crippen LogP contribution in [0.3, 0.4) is 0 Å². The number of aromatic nitrogens is 2. The minimum atomic E-state index is -0.161. The van der Waals surface area contributed by atoms with Crippen LogP contribution in [-0.2, 0) is 10.2 Å². The van der Waals surface area contributed by atoms with Gasteiger partial charge in [-0.2, -0.15) is 0 Å². The predicted molar refractivity (Wildman–Crippen MR) is 77.1 cm³/mol. The van der Waals surface area contributed by atoms with Crippen LogP contribution in [0.5, 0.6) is 0 Å². The Hall–Kier alpha value is -1.85. The molecule has 0 bridgehead atoms. The lowest BCUT2D eigenvalue weighted by Gasteiger charge is -2.22. The van der Waals surface area contributed by atoms with Gasteiger partial charge in [-0.1, -0.05) is 20.8 Å². The van der Waals surface area contributed by atoms with Crippen molar-refractivity contribution in [3.8, 4) is 0 Å². The fourth-order valence-corrected chi connectivity index (χ4v) is 1.49. The summed E-state index contributed by atoms with van der Waals surface area (Å²) in [5.74, 6) is 1.89. The summed E-state index contributed by atoms with van der Waals surface area (Å²) < 4.78 is 0. The van der Waals surface area contributed by atoms with Crippen LogP contribution in [0, 0.1) is 0 Å². The maximum atomic E-state index is 11.2. The maximum Gasteiger partial charge on any atom is 0.221 e. The highest BCUT2D eigenvalue weighted by molar-refractivity contribution is 5.76. The van der Waals surface area contributed by atoms with Gasteiger partial charge < -0.3 is 16.0 Å². The first-order chi connectivity index (χ1) is 8.74. The standard InChI is InChI=1S/C13H23N5O/c1-13(2,3)12-16-9(14)8-10(17-12)18(5)7-6-11(19)15-4/h8H,6-7H2,1-5H3,(H,15,19)(H2,14,16,17). The van der Waals surface area contributed by atoms with Gasteiger partial charge >= 0.3 is 0 Å². The number of nitrogens with two attached hydrogens (primary N) is 1. The molecule has 0 fully saturated rings. The first kappa shape index (κ1) is 15.2. The van der Waals surface area contributed by atoms with Crippen LogP contribution < -0.4 is 16.0 Å². The van der Waals surface area contributed by atoms with Crippen molar-refractivity contribution >= 4 is 17.5 Å². The van der Waals surface area contributed by atoms with Gasteiger partial charge in [-0.15, -0.1) is 0 Å². The Morgan fingerprint density at radius 2 is 2.05 bits per heavy atom. The van der Waals surface area contributed by atoms with E-state index >= 15 is 0 Å². The normalized spacial score (nSPS) is 11.2. The molecule has 0 radical (unpaired) electrons. The van der Waals surface area contributed by atoms with Gasteiger partial charge in [0.1, 0.15) is 17.5 Å². The number of hydrogen-bond acceptors (Lipinski definition) is 5. The topological polar surface area (TPSA) is 84.1 Å². The zero-order chi connectivity index (χ0) is 14.6. The van der Waals surface area contributed by atoms with Crippen molar-refractivity contribution in [2.75, 3.05) is 31.3 Å². The molecule has 106 valence electrons. The summed E-state index contributed by atoms with van der Waals surface area (Å²) in [6.07, 6.45) is 0.418. The van der Waals surface area contributed by atoms with Crippen molar-refractivity contribution in [3.63, 3.8) is 0 Å². The highest BCUT2D eigenvalue weighted by Gasteiger charge is 2.19. The molecule has 6 heteroatoms. The summed E-state index contributed by atoms with van der Waals surface area (Å²) in [5, 5.41) is 2.60. The maximum absolute atomic E-state index is 11.2. The van der Waals surface area contributed by atoms with Crippen molar-refractivity contribution in [2.45, 2.75) is 32.6 Å². The molecule has 1 amide bonds. The van der Waals surface area contributed by atoms with Gasteiger partial charge in [0.25, 0.3) is 0 Å². The Bertz CT molecular complexity index is 453. The van der Waals surface area contributed by atoms with Gasteiger partial charge in [0.15, 0.2) is 0 Å². The minimum absolute atomic E-state index is 0.00456. The van der Waals surface area contributed by atoms with Crippen LogP contribution >= 0.6 is 0 Å². The number of anilines is 2. The van der Waals surface area contributed by atoms with Crippen LogP contribution in [-0.4, -0.2) is 36.5 Å². The molecule has 0 saturated carbocycles. The van der Waals surface area contributed by atoms with Crippen molar-refractivity contribution in [3.05, 3.63) is 11.9 Å². The van der Waals surface area contributed by atoms with E-state index in [9.17, 15) is 4.79 Å². The number of carbonyl (C=O) groups excluding carboxylic acids is 1. The molecule has 1 aromatic heterocycles. The molecule has 6 nitrogen and oxygen atoms in total. The highest BCUT2D eigenvalue weighted by Crippen LogP contribution is 2.22. The van der Waals surface area contributed by atoms with E-state index in [2.05, 4.69) is 15.3 Å². The third-order valence-electron chi connectivity index (χ3n) is 2.75. The molecule has 0 aliphatic rings. The summed E-state index contributed by atoms with van der Waals surface area (Å²) in [6.45, 7) is 6.70. The Labute approximate surface area is 114 Å².